The van der Waals surface area contributed by atoms with Crippen LogP contribution in [-0.4, -0.2) is 28.8 Å². The molecule has 0 saturated carbocycles. The van der Waals surface area contributed by atoms with E-state index in [0.29, 0.717) is 6.04 Å². The SMILES string of the molecule is O=C(Nc1cnn(C2CCNCC2)c1)c1cccs1. The first-order valence-corrected chi connectivity index (χ1v) is 7.30. The van der Waals surface area contributed by atoms with E-state index in [4.69, 9.17) is 0 Å². The molecule has 5 nitrogen and oxygen atoms in total. The first-order chi connectivity index (χ1) is 9.33. The predicted molar refractivity (Wildman–Crippen MR) is 75.6 cm³/mol. The van der Waals surface area contributed by atoms with Gasteiger partial charge in [0.15, 0.2) is 0 Å². The van der Waals surface area contributed by atoms with Gasteiger partial charge in [-0.2, -0.15) is 5.10 Å². The lowest BCUT2D eigenvalue weighted by Gasteiger charge is -2.22. The molecule has 0 spiro atoms. The molecule has 2 aromatic heterocycles. The summed E-state index contributed by atoms with van der Waals surface area (Å²) in [5.41, 5.74) is 0.761. The average Bonchev–Trinajstić information content (AvgIpc) is 3.11. The highest BCUT2D eigenvalue weighted by Gasteiger charge is 2.16. The van der Waals surface area contributed by atoms with Crippen molar-refractivity contribution in [3.63, 3.8) is 0 Å². The van der Waals surface area contributed by atoms with Gasteiger partial charge in [-0.05, 0) is 37.4 Å². The molecule has 3 heterocycles. The normalized spacial score (nSPS) is 16.4. The molecule has 0 aliphatic carbocycles. The Hall–Kier alpha value is -1.66. The molecule has 1 aliphatic heterocycles. The molecule has 0 aromatic carbocycles. The number of thiophene rings is 1. The summed E-state index contributed by atoms with van der Waals surface area (Å²) < 4.78 is 1.96. The standard InChI is InChI=1S/C13H16N4OS/c18-13(12-2-1-7-19-12)16-10-8-15-17(9-10)11-3-5-14-6-4-11/h1-2,7-9,11,14H,3-6H2,(H,16,18). The van der Waals surface area contributed by atoms with Crippen molar-refractivity contribution in [2.45, 2.75) is 18.9 Å². The third-order valence-electron chi connectivity index (χ3n) is 3.29. The third-order valence-corrected chi connectivity index (χ3v) is 4.16. The van der Waals surface area contributed by atoms with Gasteiger partial charge in [0.25, 0.3) is 5.91 Å². The second-order valence-corrected chi connectivity index (χ2v) is 5.57. The third kappa shape index (κ3) is 2.85. The molecule has 3 rings (SSSR count). The van der Waals surface area contributed by atoms with Crippen LogP contribution in [0.3, 0.4) is 0 Å². The smallest absolute Gasteiger partial charge is 0.265 e. The maximum atomic E-state index is 11.9. The Labute approximate surface area is 115 Å². The summed E-state index contributed by atoms with van der Waals surface area (Å²) >= 11 is 1.44. The van der Waals surface area contributed by atoms with Gasteiger partial charge < -0.3 is 10.6 Å². The molecular formula is C13H16N4OS. The van der Waals surface area contributed by atoms with Gasteiger partial charge in [-0.15, -0.1) is 11.3 Å². The first-order valence-electron chi connectivity index (χ1n) is 6.42. The first kappa shape index (κ1) is 12.4. The largest absolute Gasteiger partial charge is 0.319 e. The summed E-state index contributed by atoms with van der Waals surface area (Å²) in [4.78, 5) is 12.6. The van der Waals surface area contributed by atoms with Crippen molar-refractivity contribution < 1.29 is 4.79 Å². The van der Waals surface area contributed by atoms with E-state index in [1.807, 2.05) is 28.4 Å². The zero-order valence-corrected chi connectivity index (χ0v) is 11.3. The minimum Gasteiger partial charge on any atom is -0.319 e. The summed E-state index contributed by atoms with van der Waals surface area (Å²) in [6, 6.07) is 4.13. The van der Waals surface area contributed by atoms with E-state index in [1.165, 1.54) is 11.3 Å². The fourth-order valence-corrected chi connectivity index (χ4v) is 2.89. The van der Waals surface area contributed by atoms with Crippen LogP contribution in [0, 0.1) is 0 Å². The number of nitrogens with one attached hydrogen (secondary N) is 2. The van der Waals surface area contributed by atoms with E-state index in [2.05, 4.69) is 15.7 Å². The van der Waals surface area contributed by atoms with E-state index in [1.54, 1.807) is 6.20 Å². The van der Waals surface area contributed by atoms with Gasteiger partial charge in [-0.3, -0.25) is 9.48 Å². The number of amides is 1. The lowest BCUT2D eigenvalue weighted by atomic mass is 10.1. The number of hydrogen-bond acceptors (Lipinski definition) is 4. The predicted octanol–water partition coefficient (Wildman–Crippen LogP) is 2.12. The molecule has 6 heteroatoms. The Morgan fingerprint density at radius 2 is 2.32 bits per heavy atom. The van der Waals surface area contributed by atoms with Crippen LogP contribution >= 0.6 is 11.3 Å². The highest BCUT2D eigenvalue weighted by Crippen LogP contribution is 2.20. The Balaban J connectivity index is 1.66. The van der Waals surface area contributed by atoms with Crippen LogP contribution in [0.5, 0.6) is 0 Å². The van der Waals surface area contributed by atoms with Crippen LogP contribution < -0.4 is 10.6 Å². The molecule has 2 aromatic rings. The Bertz CT molecular complexity index is 543. The summed E-state index contributed by atoms with van der Waals surface area (Å²) in [6.45, 7) is 2.06. The minimum absolute atomic E-state index is 0.0696. The van der Waals surface area contributed by atoms with Crippen LogP contribution in [0.4, 0.5) is 5.69 Å². The van der Waals surface area contributed by atoms with Crippen molar-refractivity contribution in [3.8, 4) is 0 Å². The number of carbonyl (C=O) groups is 1. The van der Waals surface area contributed by atoms with Crippen LogP contribution in [0.2, 0.25) is 0 Å². The van der Waals surface area contributed by atoms with E-state index in [9.17, 15) is 4.79 Å². The number of rotatable bonds is 3. The fraction of sp³-hybridized carbons (Fsp3) is 0.385. The number of piperidine rings is 1. The summed E-state index contributed by atoms with van der Waals surface area (Å²) in [6.07, 6.45) is 5.80. The van der Waals surface area contributed by atoms with Crippen LogP contribution in [0.15, 0.2) is 29.9 Å². The molecule has 0 bridgehead atoms. The Morgan fingerprint density at radius 3 is 3.05 bits per heavy atom. The summed E-state index contributed by atoms with van der Waals surface area (Å²) in [5.74, 6) is -0.0696. The number of aromatic nitrogens is 2. The molecule has 100 valence electrons. The van der Waals surface area contributed by atoms with Crippen molar-refractivity contribution in [3.05, 3.63) is 34.8 Å². The molecule has 1 saturated heterocycles. The molecule has 1 amide bonds. The van der Waals surface area contributed by atoms with E-state index in [-0.39, 0.29) is 5.91 Å². The van der Waals surface area contributed by atoms with Gasteiger partial charge in [-0.1, -0.05) is 6.07 Å². The van der Waals surface area contributed by atoms with E-state index in [0.717, 1.165) is 36.5 Å². The molecule has 1 fully saturated rings. The minimum atomic E-state index is -0.0696. The van der Waals surface area contributed by atoms with Gasteiger partial charge in [0.2, 0.25) is 0 Å². The number of anilines is 1. The van der Waals surface area contributed by atoms with Gasteiger partial charge in [0.1, 0.15) is 0 Å². The summed E-state index contributed by atoms with van der Waals surface area (Å²) in [5, 5.41) is 12.5. The van der Waals surface area contributed by atoms with Crippen molar-refractivity contribution in [1.82, 2.24) is 15.1 Å². The van der Waals surface area contributed by atoms with Crippen molar-refractivity contribution in [1.29, 1.82) is 0 Å². The average molecular weight is 276 g/mol. The topological polar surface area (TPSA) is 59.0 Å². The van der Waals surface area contributed by atoms with Crippen LogP contribution in [0.1, 0.15) is 28.6 Å². The second kappa shape index (κ2) is 5.54. The van der Waals surface area contributed by atoms with Crippen LogP contribution in [0.25, 0.3) is 0 Å². The highest BCUT2D eigenvalue weighted by molar-refractivity contribution is 7.12. The summed E-state index contributed by atoms with van der Waals surface area (Å²) in [7, 11) is 0. The monoisotopic (exact) mass is 276 g/mol. The zero-order chi connectivity index (χ0) is 13.1. The zero-order valence-electron chi connectivity index (χ0n) is 10.5. The Kier molecular flexibility index (Phi) is 3.61. The molecule has 0 unspecified atom stereocenters. The Morgan fingerprint density at radius 1 is 1.47 bits per heavy atom. The molecule has 0 atom stereocenters. The highest BCUT2D eigenvalue weighted by atomic mass is 32.1. The molecule has 0 radical (unpaired) electrons. The molecular weight excluding hydrogens is 260 g/mol. The van der Waals surface area contributed by atoms with E-state index >= 15 is 0 Å². The van der Waals surface area contributed by atoms with E-state index < -0.39 is 0 Å². The van der Waals surface area contributed by atoms with Crippen molar-refractivity contribution in [2.75, 3.05) is 18.4 Å². The quantitative estimate of drug-likeness (QED) is 0.903. The maximum absolute atomic E-state index is 11.9. The number of hydrogen-bond donors (Lipinski definition) is 2. The molecule has 19 heavy (non-hydrogen) atoms. The lowest BCUT2D eigenvalue weighted by molar-refractivity contribution is 0.103. The number of carbonyl (C=O) groups excluding carboxylic acids is 1. The van der Waals surface area contributed by atoms with Gasteiger partial charge in [0.05, 0.1) is 22.8 Å². The van der Waals surface area contributed by atoms with Gasteiger partial charge in [-0.25, -0.2) is 0 Å². The second-order valence-electron chi connectivity index (χ2n) is 4.62. The maximum Gasteiger partial charge on any atom is 0.265 e. The molecule has 1 aliphatic rings. The van der Waals surface area contributed by atoms with Gasteiger partial charge >= 0.3 is 0 Å². The lowest BCUT2D eigenvalue weighted by Crippen LogP contribution is -2.29. The van der Waals surface area contributed by atoms with Gasteiger partial charge in [0, 0.05) is 6.20 Å². The van der Waals surface area contributed by atoms with Crippen molar-refractivity contribution in [2.24, 2.45) is 0 Å². The fourth-order valence-electron chi connectivity index (χ4n) is 2.27. The molecule has 2 N–H and O–H groups in total. The number of nitrogens with zero attached hydrogens (tertiary/aromatic N) is 2. The van der Waals surface area contributed by atoms with Crippen LogP contribution in [-0.2, 0) is 0 Å². The van der Waals surface area contributed by atoms with Crippen molar-refractivity contribution >= 4 is 22.9 Å².